The van der Waals surface area contributed by atoms with Gasteiger partial charge in [-0.15, -0.1) is 0 Å². The number of nitrogens with two attached hydrogens (primary N) is 1. The molecular weight excluding hydrogens is 671 g/mol. The summed E-state index contributed by atoms with van der Waals surface area (Å²) in [6, 6.07) is 0. The van der Waals surface area contributed by atoms with Crippen LogP contribution >= 0.6 is 13.9 Å². The van der Waals surface area contributed by atoms with E-state index >= 15 is 4.39 Å². The van der Waals surface area contributed by atoms with E-state index in [9.17, 15) is 24.5 Å². The first-order valence-corrected chi connectivity index (χ1v) is 17.8. The zero-order valence-electron chi connectivity index (χ0n) is 22.0. The van der Waals surface area contributed by atoms with Crippen molar-refractivity contribution in [2.24, 2.45) is 0 Å². The molecule has 0 radical (unpaired) electrons. The van der Waals surface area contributed by atoms with Crippen molar-refractivity contribution in [3.05, 3.63) is 39.7 Å². The number of aromatic amines is 2. The minimum absolute atomic E-state index is 0.0674. The van der Waals surface area contributed by atoms with Crippen LogP contribution in [0.15, 0.2) is 28.6 Å². The zero-order valence-corrected chi connectivity index (χ0v) is 25.5. The average molecular weight is 696 g/mol. The monoisotopic (exact) mass is 695 g/mol. The first-order chi connectivity index (χ1) is 21.0. The molecule has 19 nitrogen and oxygen atoms in total. The summed E-state index contributed by atoms with van der Waals surface area (Å²) in [7, 11) is -2.63. The minimum Gasteiger partial charge on any atom is -0.394 e. The van der Waals surface area contributed by atoms with Gasteiger partial charge in [-0.3, -0.25) is 28.2 Å². The van der Waals surface area contributed by atoms with Gasteiger partial charge >= 0.3 is 6.72 Å². The second-order valence-electron chi connectivity index (χ2n) is 9.64. The van der Waals surface area contributed by atoms with E-state index in [1.54, 1.807) is 0 Å². The number of halogens is 1. The van der Waals surface area contributed by atoms with Crippen molar-refractivity contribution in [3.8, 4) is 0 Å². The Balaban J connectivity index is 1.21. The molecule has 238 valence electrons. The molecule has 4 aromatic heterocycles. The summed E-state index contributed by atoms with van der Waals surface area (Å²) in [4.78, 5) is 66.0. The van der Waals surface area contributed by atoms with Crippen molar-refractivity contribution in [3.63, 3.8) is 0 Å². The first kappa shape index (κ1) is 31.4. The Kier molecular flexibility index (Phi) is 8.78. The van der Waals surface area contributed by atoms with Gasteiger partial charge in [0.25, 0.3) is 11.1 Å². The SMILES string of the molecule is Nc1nc2c(ncn2[C@@H]2O[C@H](CO)[C@@H](F)[C@H]2OP(O)(=S)OC[C@H]2O[C@@H](n3cnc4c(=O)[nH]cnc43)C[C@@H]2O[PH](O)=S)c(=O)[nH]1. The molecule has 7 N–H and O–H groups in total. The third-order valence-electron chi connectivity index (χ3n) is 6.93. The second kappa shape index (κ2) is 12.3. The molecule has 6 heterocycles. The number of anilines is 1. The molecule has 2 saturated heterocycles. The third kappa shape index (κ3) is 6.00. The van der Waals surface area contributed by atoms with Gasteiger partial charge in [0.15, 0.2) is 41.9 Å². The highest BCUT2D eigenvalue weighted by molar-refractivity contribution is 8.07. The Hall–Kier alpha value is -2.59. The highest BCUT2D eigenvalue weighted by Gasteiger charge is 2.50. The molecule has 2 fully saturated rings. The number of alkyl halides is 1. The van der Waals surface area contributed by atoms with Crippen LogP contribution in [0.1, 0.15) is 18.9 Å². The number of aromatic nitrogens is 8. The lowest BCUT2D eigenvalue weighted by Gasteiger charge is -2.26. The molecule has 0 aliphatic carbocycles. The van der Waals surface area contributed by atoms with Gasteiger partial charge in [0.1, 0.15) is 24.5 Å². The van der Waals surface area contributed by atoms with Crippen LogP contribution in [0.2, 0.25) is 0 Å². The van der Waals surface area contributed by atoms with E-state index in [1.807, 2.05) is 0 Å². The summed E-state index contributed by atoms with van der Waals surface area (Å²) in [5, 5.41) is 9.67. The minimum atomic E-state index is -4.28. The summed E-state index contributed by atoms with van der Waals surface area (Å²) < 4.78 is 46.3. The van der Waals surface area contributed by atoms with Crippen LogP contribution in [0.3, 0.4) is 0 Å². The van der Waals surface area contributed by atoms with Crippen molar-refractivity contribution >= 4 is 65.8 Å². The number of aliphatic hydroxyl groups is 1. The molecule has 2 unspecified atom stereocenters. The van der Waals surface area contributed by atoms with Gasteiger partial charge in [-0.2, -0.15) is 4.98 Å². The van der Waals surface area contributed by atoms with Gasteiger partial charge < -0.3 is 44.1 Å². The van der Waals surface area contributed by atoms with Crippen LogP contribution in [-0.4, -0.2) is 97.7 Å². The molecule has 4 aromatic rings. The maximum atomic E-state index is 15.4. The number of ether oxygens (including phenoxy) is 2. The quantitative estimate of drug-likeness (QED) is 0.107. The highest BCUT2D eigenvalue weighted by atomic mass is 32.5. The fourth-order valence-corrected chi connectivity index (χ4v) is 7.29. The largest absolute Gasteiger partial charge is 0.394 e. The zero-order chi connectivity index (χ0) is 31.3. The van der Waals surface area contributed by atoms with Crippen LogP contribution in [0.25, 0.3) is 22.3 Å². The molecule has 0 saturated carbocycles. The smallest absolute Gasteiger partial charge is 0.325 e. The van der Waals surface area contributed by atoms with Gasteiger partial charge in [0.2, 0.25) is 5.95 Å². The van der Waals surface area contributed by atoms with E-state index in [4.69, 9.17) is 52.4 Å². The highest BCUT2D eigenvalue weighted by Crippen LogP contribution is 2.51. The summed E-state index contributed by atoms with van der Waals surface area (Å²) in [6.45, 7) is -5.47. The number of nitrogens with one attached hydrogen (secondary N) is 2. The lowest BCUT2D eigenvalue weighted by Crippen LogP contribution is -2.32. The van der Waals surface area contributed by atoms with E-state index in [1.165, 1.54) is 21.8 Å². The lowest BCUT2D eigenvalue weighted by molar-refractivity contribution is -0.0530. The van der Waals surface area contributed by atoms with Crippen molar-refractivity contribution in [2.45, 2.75) is 49.5 Å². The van der Waals surface area contributed by atoms with Crippen LogP contribution < -0.4 is 16.9 Å². The maximum absolute atomic E-state index is 15.4. The Labute approximate surface area is 255 Å². The Bertz CT molecular complexity index is 1890. The third-order valence-corrected chi connectivity index (χ3v) is 9.29. The van der Waals surface area contributed by atoms with Crippen molar-refractivity contribution in [1.29, 1.82) is 0 Å². The predicted octanol–water partition coefficient (Wildman–Crippen LogP) is -1.15. The standard InChI is InChI=1S/C20H24FN9O10P2S2/c21-11-8(2-31)38-19(30-6-26-13-16(30)27-20(22)28-18(13)33)14(11)40-42(35,44)36-3-9-7(39-41(34)43)1-10(37-9)29-5-25-12-15(29)23-4-24-17(12)32/h4-11,14,19,31,41H,1-3H2,(H,34,43)(H,35,44)(H,23,24,32)(H3,22,27,28,33)/t7-,8+,9+,10+,11+,14+,19+,42?/m0/s1. The number of hydrogen-bond donors (Lipinski definition) is 6. The molecule has 0 amide bonds. The number of imidazole rings is 2. The van der Waals surface area contributed by atoms with Crippen molar-refractivity contribution < 1.29 is 42.3 Å². The van der Waals surface area contributed by atoms with E-state index in [-0.39, 0.29) is 34.7 Å². The number of aliphatic hydroxyl groups excluding tert-OH is 1. The van der Waals surface area contributed by atoms with Crippen LogP contribution in [0, 0.1) is 0 Å². The Morgan fingerprint density at radius 1 is 1.16 bits per heavy atom. The number of nitrogens with zero attached hydrogens (tertiary/aromatic N) is 6. The van der Waals surface area contributed by atoms with Gasteiger partial charge in [0, 0.05) is 6.42 Å². The molecule has 24 heteroatoms. The van der Waals surface area contributed by atoms with Gasteiger partial charge in [-0.1, -0.05) is 0 Å². The molecule has 9 atom stereocenters. The first-order valence-electron chi connectivity index (χ1n) is 12.7. The molecular formula is C20H24FN9O10P2S2. The fraction of sp³-hybridized carbons (Fsp3) is 0.500. The van der Waals surface area contributed by atoms with Gasteiger partial charge in [-0.25, -0.2) is 19.3 Å². The molecule has 2 aliphatic rings. The second-order valence-corrected chi connectivity index (χ2v) is 14.3. The molecule has 2 aliphatic heterocycles. The average Bonchev–Trinajstić information content (AvgIpc) is 3.73. The normalized spacial score (nSPS) is 29.4. The maximum Gasteiger partial charge on any atom is 0.325 e. The molecule has 44 heavy (non-hydrogen) atoms. The molecule has 0 aromatic carbocycles. The number of fused-ring (bicyclic) bond motifs is 2. The number of nitrogen functional groups attached to an aromatic ring is 1. The van der Waals surface area contributed by atoms with Gasteiger partial charge in [0.05, 0.1) is 38.3 Å². The fourth-order valence-electron chi connectivity index (χ4n) is 5.01. The van der Waals surface area contributed by atoms with Crippen molar-refractivity contribution in [1.82, 2.24) is 39.0 Å². The Morgan fingerprint density at radius 2 is 1.89 bits per heavy atom. The number of hydrogen-bond acceptors (Lipinski definition) is 15. The predicted molar refractivity (Wildman–Crippen MR) is 155 cm³/mol. The van der Waals surface area contributed by atoms with Crippen molar-refractivity contribution in [2.75, 3.05) is 18.9 Å². The lowest BCUT2D eigenvalue weighted by atomic mass is 10.1. The van der Waals surface area contributed by atoms with Gasteiger partial charge in [-0.05, 0) is 23.6 Å². The molecule has 0 bridgehead atoms. The number of rotatable bonds is 10. The molecule has 6 rings (SSSR count). The van der Waals surface area contributed by atoms with E-state index in [2.05, 4.69) is 29.9 Å². The molecule has 0 spiro atoms. The van der Waals surface area contributed by atoms with E-state index in [0.29, 0.717) is 0 Å². The summed E-state index contributed by atoms with van der Waals surface area (Å²) >= 11 is 10.0. The van der Waals surface area contributed by atoms with Crippen LogP contribution in [0.5, 0.6) is 0 Å². The topological polar surface area (TPSA) is 260 Å². The summed E-state index contributed by atoms with van der Waals surface area (Å²) in [6.07, 6.45) is -5.21. The summed E-state index contributed by atoms with van der Waals surface area (Å²) in [5.41, 5.74) is 4.65. The summed E-state index contributed by atoms with van der Waals surface area (Å²) in [5.74, 6) is -0.241. The number of H-pyrrole nitrogens is 2. The van der Waals surface area contributed by atoms with Crippen LogP contribution in [0.4, 0.5) is 10.3 Å². The Morgan fingerprint density at radius 3 is 2.61 bits per heavy atom. The van der Waals surface area contributed by atoms with E-state index in [0.717, 1.165) is 6.33 Å². The van der Waals surface area contributed by atoms with Crippen LogP contribution in [-0.2, 0) is 46.7 Å². The van der Waals surface area contributed by atoms with E-state index < -0.39 is 81.2 Å².